The summed E-state index contributed by atoms with van der Waals surface area (Å²) in [6, 6.07) is 9.54. The number of oxazole rings is 1. The van der Waals surface area contributed by atoms with Crippen LogP contribution >= 0.6 is 11.8 Å². The first kappa shape index (κ1) is 10.8. The van der Waals surface area contributed by atoms with Crippen LogP contribution in [0.5, 0.6) is 0 Å². The first-order chi connectivity index (χ1) is 7.75. The predicted molar refractivity (Wildman–Crippen MR) is 60.3 cm³/mol. The smallest absolute Gasteiger partial charge is 0.314 e. The van der Waals surface area contributed by atoms with Crippen LogP contribution in [0.25, 0.3) is 11.3 Å². The van der Waals surface area contributed by atoms with E-state index in [0.717, 1.165) is 17.3 Å². The Hall–Kier alpha value is -1.75. The van der Waals surface area contributed by atoms with Crippen LogP contribution < -0.4 is 0 Å². The molecule has 16 heavy (non-hydrogen) atoms. The number of aliphatic carboxylic acids is 1. The largest absolute Gasteiger partial charge is 0.481 e. The van der Waals surface area contributed by atoms with Gasteiger partial charge in [0.25, 0.3) is 5.22 Å². The predicted octanol–water partition coefficient (Wildman–Crippen LogP) is 2.52. The molecule has 1 heterocycles. The zero-order valence-corrected chi connectivity index (χ0v) is 9.11. The third kappa shape index (κ3) is 2.64. The van der Waals surface area contributed by atoms with Gasteiger partial charge in [0.2, 0.25) is 0 Å². The monoisotopic (exact) mass is 235 g/mol. The SMILES string of the molecule is O=C(O)CSc1ncc(-c2ccccc2)o1. The van der Waals surface area contributed by atoms with Crippen LogP contribution in [-0.4, -0.2) is 21.8 Å². The van der Waals surface area contributed by atoms with E-state index >= 15 is 0 Å². The van der Waals surface area contributed by atoms with E-state index in [1.807, 2.05) is 30.3 Å². The third-order valence-corrected chi connectivity index (χ3v) is 2.69. The molecule has 0 bridgehead atoms. The van der Waals surface area contributed by atoms with Crippen molar-refractivity contribution >= 4 is 17.7 Å². The van der Waals surface area contributed by atoms with Crippen molar-refractivity contribution in [2.24, 2.45) is 0 Å². The van der Waals surface area contributed by atoms with Crippen LogP contribution in [0.4, 0.5) is 0 Å². The van der Waals surface area contributed by atoms with Crippen molar-refractivity contribution in [3.63, 3.8) is 0 Å². The van der Waals surface area contributed by atoms with Crippen molar-refractivity contribution in [3.8, 4) is 11.3 Å². The molecule has 0 aliphatic heterocycles. The number of carboxylic acids is 1. The Morgan fingerprint density at radius 2 is 2.12 bits per heavy atom. The van der Waals surface area contributed by atoms with Gasteiger partial charge in [0, 0.05) is 5.56 Å². The van der Waals surface area contributed by atoms with Gasteiger partial charge in [-0.3, -0.25) is 4.79 Å². The van der Waals surface area contributed by atoms with E-state index in [1.165, 1.54) is 0 Å². The summed E-state index contributed by atoms with van der Waals surface area (Å²) >= 11 is 1.07. The van der Waals surface area contributed by atoms with Crippen LogP contribution in [0.3, 0.4) is 0 Å². The van der Waals surface area contributed by atoms with E-state index in [1.54, 1.807) is 6.20 Å². The van der Waals surface area contributed by atoms with Gasteiger partial charge in [-0.2, -0.15) is 0 Å². The van der Waals surface area contributed by atoms with Crippen molar-refractivity contribution in [2.75, 3.05) is 5.75 Å². The summed E-state index contributed by atoms with van der Waals surface area (Å²) in [6.45, 7) is 0. The Bertz CT molecular complexity index is 481. The Balaban J connectivity index is 2.11. The second-order valence-electron chi connectivity index (χ2n) is 3.04. The number of nitrogens with zero attached hydrogens (tertiary/aromatic N) is 1. The Labute approximate surface area is 96.3 Å². The fraction of sp³-hybridized carbons (Fsp3) is 0.0909. The Morgan fingerprint density at radius 1 is 1.38 bits per heavy atom. The van der Waals surface area contributed by atoms with Gasteiger partial charge in [0.1, 0.15) is 5.75 Å². The highest BCUT2D eigenvalue weighted by Gasteiger charge is 2.08. The summed E-state index contributed by atoms with van der Waals surface area (Å²) in [5.41, 5.74) is 0.928. The van der Waals surface area contributed by atoms with E-state index in [0.29, 0.717) is 11.0 Å². The minimum absolute atomic E-state index is 0.0469. The molecule has 0 unspecified atom stereocenters. The van der Waals surface area contributed by atoms with Crippen molar-refractivity contribution < 1.29 is 14.3 Å². The molecule has 82 valence electrons. The number of benzene rings is 1. The molecule has 4 nitrogen and oxygen atoms in total. The molecule has 0 radical (unpaired) electrons. The highest BCUT2D eigenvalue weighted by Crippen LogP contribution is 2.24. The van der Waals surface area contributed by atoms with Crippen LogP contribution in [0, 0.1) is 0 Å². The van der Waals surface area contributed by atoms with Crippen LogP contribution in [0.15, 0.2) is 46.2 Å². The number of carbonyl (C=O) groups is 1. The molecule has 1 aromatic heterocycles. The summed E-state index contributed by atoms with van der Waals surface area (Å²) in [5, 5.41) is 8.88. The number of hydrogen-bond acceptors (Lipinski definition) is 4. The maximum absolute atomic E-state index is 10.4. The maximum atomic E-state index is 10.4. The second-order valence-corrected chi connectivity index (χ2v) is 3.97. The average molecular weight is 235 g/mol. The zero-order valence-electron chi connectivity index (χ0n) is 8.29. The normalized spacial score (nSPS) is 10.2. The van der Waals surface area contributed by atoms with Gasteiger partial charge in [-0.15, -0.1) is 0 Å². The van der Waals surface area contributed by atoms with Crippen LogP contribution in [0.1, 0.15) is 0 Å². The minimum Gasteiger partial charge on any atom is -0.481 e. The van der Waals surface area contributed by atoms with E-state index in [-0.39, 0.29) is 5.75 Å². The van der Waals surface area contributed by atoms with E-state index in [9.17, 15) is 4.79 Å². The first-order valence-electron chi connectivity index (χ1n) is 4.61. The highest BCUT2D eigenvalue weighted by atomic mass is 32.2. The van der Waals surface area contributed by atoms with Crippen LogP contribution in [0.2, 0.25) is 0 Å². The van der Waals surface area contributed by atoms with Gasteiger partial charge >= 0.3 is 5.97 Å². The number of thioether (sulfide) groups is 1. The third-order valence-electron chi connectivity index (χ3n) is 1.86. The molecule has 0 aliphatic carbocycles. The molecular weight excluding hydrogens is 226 g/mol. The lowest BCUT2D eigenvalue weighted by atomic mass is 10.2. The molecule has 0 amide bonds. The minimum atomic E-state index is -0.885. The Morgan fingerprint density at radius 3 is 2.81 bits per heavy atom. The second kappa shape index (κ2) is 4.85. The molecule has 1 N–H and O–H groups in total. The summed E-state index contributed by atoms with van der Waals surface area (Å²) in [7, 11) is 0. The Kier molecular flexibility index (Phi) is 3.26. The van der Waals surface area contributed by atoms with E-state index in [2.05, 4.69) is 4.98 Å². The molecule has 0 atom stereocenters. The van der Waals surface area contributed by atoms with Gasteiger partial charge in [-0.25, -0.2) is 4.98 Å². The van der Waals surface area contributed by atoms with Crippen LogP contribution in [-0.2, 0) is 4.79 Å². The fourth-order valence-corrected chi connectivity index (χ4v) is 1.71. The topological polar surface area (TPSA) is 63.3 Å². The molecule has 0 saturated carbocycles. The van der Waals surface area contributed by atoms with Gasteiger partial charge in [0.15, 0.2) is 5.76 Å². The summed E-state index contributed by atoms with van der Waals surface area (Å²) in [4.78, 5) is 14.4. The van der Waals surface area contributed by atoms with Gasteiger partial charge < -0.3 is 9.52 Å². The number of aromatic nitrogens is 1. The highest BCUT2D eigenvalue weighted by molar-refractivity contribution is 7.99. The standard InChI is InChI=1S/C11H9NO3S/c13-10(14)7-16-11-12-6-9(15-11)8-4-2-1-3-5-8/h1-6H,7H2,(H,13,14). The van der Waals surface area contributed by atoms with Gasteiger partial charge in [0.05, 0.1) is 6.20 Å². The quantitative estimate of drug-likeness (QED) is 0.825. The van der Waals surface area contributed by atoms with Gasteiger partial charge in [-0.1, -0.05) is 42.1 Å². The number of rotatable bonds is 4. The number of hydrogen-bond donors (Lipinski definition) is 1. The summed E-state index contributed by atoms with van der Waals surface area (Å²) < 4.78 is 5.41. The average Bonchev–Trinajstić information content (AvgIpc) is 2.76. The molecule has 0 aliphatic rings. The van der Waals surface area contributed by atoms with E-state index < -0.39 is 5.97 Å². The molecule has 2 rings (SSSR count). The lowest BCUT2D eigenvalue weighted by Gasteiger charge is -1.94. The summed E-state index contributed by atoms with van der Waals surface area (Å²) in [5.74, 6) is -0.285. The van der Waals surface area contributed by atoms with Crippen molar-refractivity contribution in [3.05, 3.63) is 36.5 Å². The maximum Gasteiger partial charge on any atom is 0.314 e. The van der Waals surface area contributed by atoms with E-state index in [4.69, 9.17) is 9.52 Å². The number of carboxylic acid groups (broad SMARTS) is 1. The fourth-order valence-electron chi connectivity index (χ4n) is 1.18. The van der Waals surface area contributed by atoms with Crippen molar-refractivity contribution in [1.29, 1.82) is 0 Å². The summed E-state index contributed by atoms with van der Waals surface area (Å²) in [6.07, 6.45) is 1.60. The lowest BCUT2D eigenvalue weighted by molar-refractivity contribution is -0.133. The molecular formula is C11H9NO3S. The molecule has 0 saturated heterocycles. The molecule has 0 spiro atoms. The zero-order chi connectivity index (χ0) is 11.4. The molecule has 2 aromatic rings. The first-order valence-corrected chi connectivity index (χ1v) is 5.60. The molecule has 0 fully saturated rings. The van der Waals surface area contributed by atoms with Crippen molar-refractivity contribution in [2.45, 2.75) is 5.22 Å². The molecule has 5 heteroatoms. The van der Waals surface area contributed by atoms with Crippen molar-refractivity contribution in [1.82, 2.24) is 4.98 Å². The van der Waals surface area contributed by atoms with Gasteiger partial charge in [-0.05, 0) is 0 Å². The lowest BCUT2D eigenvalue weighted by Crippen LogP contribution is -1.97. The molecule has 1 aromatic carbocycles.